The van der Waals surface area contributed by atoms with E-state index in [4.69, 9.17) is 0 Å². The average Bonchev–Trinajstić information content (AvgIpc) is 2.22. The lowest BCUT2D eigenvalue weighted by Gasteiger charge is -2.04. The van der Waals surface area contributed by atoms with Gasteiger partial charge in [-0.2, -0.15) is 4.39 Å². The third kappa shape index (κ3) is 4.33. The molecule has 0 spiro atoms. The van der Waals surface area contributed by atoms with Gasteiger partial charge in [0.2, 0.25) is 11.9 Å². The summed E-state index contributed by atoms with van der Waals surface area (Å²) < 4.78 is 12.4. The first-order valence-corrected chi connectivity index (χ1v) is 4.45. The Morgan fingerprint density at radius 1 is 1.60 bits per heavy atom. The number of halogens is 1. The van der Waals surface area contributed by atoms with Crippen LogP contribution < -0.4 is 10.6 Å². The molecule has 0 aliphatic rings. The van der Waals surface area contributed by atoms with Crippen LogP contribution in [0.15, 0.2) is 31.0 Å². The van der Waals surface area contributed by atoms with Crippen LogP contribution in [0, 0.1) is 5.95 Å². The summed E-state index contributed by atoms with van der Waals surface area (Å²) >= 11 is 0. The summed E-state index contributed by atoms with van der Waals surface area (Å²) in [6.07, 6.45) is 2.92. The molecule has 0 aliphatic heterocycles. The molecule has 0 unspecified atom stereocenters. The quantitative estimate of drug-likeness (QED) is 0.431. The summed E-state index contributed by atoms with van der Waals surface area (Å²) in [6, 6.07) is 2.64. The van der Waals surface area contributed by atoms with E-state index in [0.29, 0.717) is 12.2 Å². The lowest BCUT2D eigenvalue weighted by atomic mass is 10.4. The van der Waals surface area contributed by atoms with Gasteiger partial charge in [0.25, 0.3) is 0 Å². The number of rotatable bonds is 5. The molecule has 1 heterocycles. The minimum Gasteiger partial charge on any atom is -0.324 e. The van der Waals surface area contributed by atoms with Crippen LogP contribution in [0.4, 0.5) is 10.1 Å². The van der Waals surface area contributed by atoms with Crippen LogP contribution in [0.25, 0.3) is 0 Å². The Hall–Kier alpha value is -1.75. The molecule has 0 atom stereocenters. The molecule has 0 bridgehead atoms. The van der Waals surface area contributed by atoms with E-state index in [1.54, 1.807) is 6.08 Å². The summed E-state index contributed by atoms with van der Waals surface area (Å²) in [4.78, 5) is 14.7. The molecule has 1 aromatic rings. The van der Waals surface area contributed by atoms with E-state index in [0.717, 1.165) is 0 Å². The smallest absolute Gasteiger partial charge is 0.238 e. The number of hydrogen-bond acceptors (Lipinski definition) is 3. The maximum Gasteiger partial charge on any atom is 0.238 e. The number of carbonyl (C=O) groups is 1. The molecular formula is C10H12FN3O. The largest absolute Gasteiger partial charge is 0.324 e. The van der Waals surface area contributed by atoms with Crippen molar-refractivity contribution in [1.82, 2.24) is 10.3 Å². The van der Waals surface area contributed by atoms with Gasteiger partial charge in [-0.25, -0.2) is 4.98 Å². The summed E-state index contributed by atoms with van der Waals surface area (Å²) in [5, 5.41) is 5.41. The molecule has 2 N–H and O–H groups in total. The van der Waals surface area contributed by atoms with Crippen LogP contribution in [0.2, 0.25) is 0 Å². The topological polar surface area (TPSA) is 54.0 Å². The van der Waals surface area contributed by atoms with Gasteiger partial charge in [-0.15, -0.1) is 6.58 Å². The van der Waals surface area contributed by atoms with E-state index in [9.17, 15) is 9.18 Å². The third-order valence-corrected chi connectivity index (χ3v) is 1.59. The van der Waals surface area contributed by atoms with Crippen molar-refractivity contribution in [3.05, 3.63) is 36.9 Å². The lowest BCUT2D eigenvalue weighted by molar-refractivity contribution is -0.115. The molecule has 15 heavy (non-hydrogen) atoms. The van der Waals surface area contributed by atoms with E-state index < -0.39 is 5.95 Å². The highest BCUT2D eigenvalue weighted by Crippen LogP contribution is 2.04. The van der Waals surface area contributed by atoms with Crippen molar-refractivity contribution in [3.63, 3.8) is 0 Å². The maximum atomic E-state index is 12.4. The number of carbonyl (C=O) groups excluding carboxylic acids is 1. The van der Waals surface area contributed by atoms with Gasteiger partial charge in [0, 0.05) is 6.54 Å². The van der Waals surface area contributed by atoms with Crippen molar-refractivity contribution in [2.24, 2.45) is 0 Å². The van der Waals surface area contributed by atoms with Crippen LogP contribution in [0.1, 0.15) is 0 Å². The maximum absolute atomic E-state index is 12.4. The fourth-order valence-electron chi connectivity index (χ4n) is 0.943. The Balaban J connectivity index is 2.37. The highest BCUT2D eigenvalue weighted by Gasteiger charge is 2.01. The zero-order valence-corrected chi connectivity index (χ0v) is 8.16. The van der Waals surface area contributed by atoms with Crippen molar-refractivity contribution in [2.45, 2.75) is 0 Å². The van der Waals surface area contributed by atoms with Gasteiger partial charge in [-0.05, 0) is 12.1 Å². The number of anilines is 1. The Bertz CT molecular complexity index is 337. The molecule has 1 rings (SSSR count). The molecule has 1 amide bonds. The van der Waals surface area contributed by atoms with Crippen molar-refractivity contribution < 1.29 is 9.18 Å². The number of amides is 1. The average molecular weight is 209 g/mol. The van der Waals surface area contributed by atoms with Crippen molar-refractivity contribution >= 4 is 11.6 Å². The Kier molecular flexibility index (Phi) is 4.43. The van der Waals surface area contributed by atoms with Gasteiger partial charge >= 0.3 is 0 Å². The van der Waals surface area contributed by atoms with Gasteiger partial charge in [-0.1, -0.05) is 6.08 Å². The van der Waals surface area contributed by atoms with E-state index in [-0.39, 0.29) is 12.5 Å². The zero-order valence-electron chi connectivity index (χ0n) is 8.16. The Morgan fingerprint density at radius 3 is 3.00 bits per heavy atom. The Labute approximate surface area is 87.2 Å². The van der Waals surface area contributed by atoms with Gasteiger partial charge in [0.15, 0.2) is 0 Å². The first-order chi connectivity index (χ1) is 7.22. The second-order valence-corrected chi connectivity index (χ2v) is 2.84. The highest BCUT2D eigenvalue weighted by molar-refractivity contribution is 5.92. The van der Waals surface area contributed by atoms with E-state index in [2.05, 4.69) is 22.2 Å². The zero-order chi connectivity index (χ0) is 11.1. The van der Waals surface area contributed by atoms with Gasteiger partial charge in [0.05, 0.1) is 18.4 Å². The second-order valence-electron chi connectivity index (χ2n) is 2.84. The molecule has 5 heteroatoms. The third-order valence-electron chi connectivity index (χ3n) is 1.59. The van der Waals surface area contributed by atoms with E-state index in [1.165, 1.54) is 18.3 Å². The van der Waals surface area contributed by atoms with Gasteiger partial charge in [0.1, 0.15) is 0 Å². The SMILES string of the molecule is C=CCNCC(=O)Nc1ccc(F)nc1. The standard InChI is InChI=1S/C10H12FN3O/c1-2-5-12-7-10(15)14-8-3-4-9(11)13-6-8/h2-4,6,12H,1,5,7H2,(H,14,15). The number of nitrogens with one attached hydrogen (secondary N) is 2. The summed E-state index contributed by atoms with van der Waals surface area (Å²) in [5.41, 5.74) is 0.474. The Morgan fingerprint density at radius 2 is 2.40 bits per heavy atom. The fraction of sp³-hybridized carbons (Fsp3) is 0.200. The summed E-state index contributed by atoms with van der Waals surface area (Å²) in [7, 11) is 0. The van der Waals surface area contributed by atoms with Gasteiger partial charge < -0.3 is 10.6 Å². The van der Waals surface area contributed by atoms with Crippen LogP contribution in [0.5, 0.6) is 0 Å². The number of nitrogens with zero attached hydrogens (tertiary/aromatic N) is 1. The van der Waals surface area contributed by atoms with Crippen molar-refractivity contribution in [2.75, 3.05) is 18.4 Å². The van der Waals surface area contributed by atoms with Crippen LogP contribution in [-0.4, -0.2) is 24.0 Å². The molecule has 80 valence electrons. The highest BCUT2D eigenvalue weighted by atomic mass is 19.1. The van der Waals surface area contributed by atoms with Crippen LogP contribution in [0.3, 0.4) is 0 Å². The molecule has 0 saturated heterocycles. The summed E-state index contributed by atoms with van der Waals surface area (Å²) in [5.74, 6) is -0.775. The number of pyridine rings is 1. The summed E-state index contributed by atoms with van der Waals surface area (Å²) in [6.45, 7) is 4.25. The molecule has 4 nitrogen and oxygen atoms in total. The predicted octanol–water partition coefficient (Wildman–Crippen LogP) is 0.935. The van der Waals surface area contributed by atoms with Gasteiger partial charge in [-0.3, -0.25) is 4.79 Å². The van der Waals surface area contributed by atoms with E-state index >= 15 is 0 Å². The van der Waals surface area contributed by atoms with Crippen molar-refractivity contribution in [1.29, 1.82) is 0 Å². The van der Waals surface area contributed by atoms with Crippen LogP contribution in [-0.2, 0) is 4.79 Å². The molecule has 0 aromatic carbocycles. The molecule has 0 saturated carbocycles. The minimum absolute atomic E-state index is 0.184. The van der Waals surface area contributed by atoms with Crippen LogP contribution >= 0.6 is 0 Å². The van der Waals surface area contributed by atoms with E-state index in [1.807, 2.05) is 0 Å². The number of aromatic nitrogens is 1. The molecule has 0 aliphatic carbocycles. The first-order valence-electron chi connectivity index (χ1n) is 4.45. The van der Waals surface area contributed by atoms with Crippen molar-refractivity contribution in [3.8, 4) is 0 Å². The fourth-order valence-corrected chi connectivity index (χ4v) is 0.943. The molecular weight excluding hydrogens is 197 g/mol. The predicted molar refractivity (Wildman–Crippen MR) is 55.9 cm³/mol. The minimum atomic E-state index is -0.571. The number of hydrogen-bond donors (Lipinski definition) is 2. The lowest BCUT2D eigenvalue weighted by Crippen LogP contribution is -2.28. The normalized spacial score (nSPS) is 9.67. The first kappa shape index (κ1) is 11.3. The second kappa shape index (κ2) is 5.87. The monoisotopic (exact) mass is 209 g/mol. The molecule has 0 fully saturated rings. The molecule has 0 radical (unpaired) electrons. The molecule has 1 aromatic heterocycles.